The van der Waals surface area contributed by atoms with E-state index in [4.69, 9.17) is 9.47 Å². The largest absolute Gasteiger partial charge is 0.481 e. The summed E-state index contributed by atoms with van der Waals surface area (Å²) in [6.45, 7) is 5.89. The first-order valence-corrected chi connectivity index (χ1v) is 9.05. The van der Waals surface area contributed by atoms with Crippen LogP contribution in [0.25, 0.3) is 0 Å². The van der Waals surface area contributed by atoms with E-state index in [1.165, 1.54) is 0 Å². The molecule has 0 bridgehead atoms. The number of rotatable bonds is 5. The summed E-state index contributed by atoms with van der Waals surface area (Å²) in [7, 11) is 0. The van der Waals surface area contributed by atoms with Crippen LogP contribution in [0.4, 0.5) is 5.69 Å². The smallest absolute Gasteiger partial charge is 0.265 e. The molecule has 3 rings (SSSR count). The highest BCUT2D eigenvalue weighted by atomic mass is 16.5. The molecule has 2 amide bonds. The minimum Gasteiger partial charge on any atom is -0.481 e. The number of morpholine rings is 1. The Morgan fingerprint density at radius 2 is 1.85 bits per heavy atom. The first kappa shape index (κ1) is 18.9. The summed E-state index contributed by atoms with van der Waals surface area (Å²) < 4.78 is 11.0. The average molecular weight is 368 g/mol. The molecule has 1 N–H and O–H groups in total. The van der Waals surface area contributed by atoms with Crippen molar-refractivity contribution in [1.29, 1.82) is 0 Å². The second-order valence-corrected chi connectivity index (χ2v) is 6.50. The number of hydrogen-bond donors (Lipinski definition) is 1. The molecule has 0 aromatic heterocycles. The number of benzene rings is 2. The first-order valence-electron chi connectivity index (χ1n) is 9.05. The van der Waals surface area contributed by atoms with Crippen molar-refractivity contribution in [2.45, 2.75) is 20.0 Å². The minimum atomic E-state index is -0.662. The van der Waals surface area contributed by atoms with Crippen molar-refractivity contribution in [1.82, 2.24) is 4.90 Å². The third kappa shape index (κ3) is 4.86. The number of ether oxygens (including phenoxy) is 2. The Kier molecular flexibility index (Phi) is 6.08. The maximum absolute atomic E-state index is 12.6. The Bertz CT molecular complexity index is 815. The van der Waals surface area contributed by atoms with Crippen LogP contribution < -0.4 is 10.1 Å². The van der Waals surface area contributed by atoms with Crippen molar-refractivity contribution in [2.75, 3.05) is 31.6 Å². The number of carbonyl (C=O) groups excluding carboxylic acids is 2. The van der Waals surface area contributed by atoms with Crippen molar-refractivity contribution >= 4 is 17.5 Å². The summed E-state index contributed by atoms with van der Waals surface area (Å²) in [5, 5.41) is 2.82. The molecule has 0 unspecified atom stereocenters. The molecular weight excluding hydrogens is 344 g/mol. The van der Waals surface area contributed by atoms with E-state index in [9.17, 15) is 9.59 Å². The minimum absolute atomic E-state index is 0.0568. The highest BCUT2D eigenvalue weighted by Gasteiger charge is 2.20. The zero-order valence-electron chi connectivity index (χ0n) is 15.6. The molecule has 1 aliphatic heterocycles. The quantitative estimate of drug-likeness (QED) is 0.881. The van der Waals surface area contributed by atoms with Gasteiger partial charge in [-0.2, -0.15) is 0 Å². The van der Waals surface area contributed by atoms with Gasteiger partial charge in [0.1, 0.15) is 5.75 Å². The maximum Gasteiger partial charge on any atom is 0.265 e. The number of hydrogen-bond acceptors (Lipinski definition) is 4. The molecule has 27 heavy (non-hydrogen) atoms. The van der Waals surface area contributed by atoms with Gasteiger partial charge in [0.15, 0.2) is 6.10 Å². The number of para-hydroxylation sites is 1. The first-order chi connectivity index (χ1) is 13.0. The van der Waals surface area contributed by atoms with Gasteiger partial charge in [0.25, 0.3) is 11.8 Å². The number of carbonyl (C=O) groups is 2. The van der Waals surface area contributed by atoms with E-state index in [1.807, 2.05) is 31.2 Å². The Morgan fingerprint density at radius 1 is 1.11 bits per heavy atom. The summed E-state index contributed by atoms with van der Waals surface area (Å²) in [4.78, 5) is 26.8. The molecule has 2 aromatic rings. The van der Waals surface area contributed by atoms with E-state index in [2.05, 4.69) is 5.32 Å². The van der Waals surface area contributed by atoms with Gasteiger partial charge in [-0.1, -0.05) is 24.3 Å². The van der Waals surface area contributed by atoms with Crippen LogP contribution in [0, 0.1) is 6.92 Å². The molecule has 6 nitrogen and oxygen atoms in total. The van der Waals surface area contributed by atoms with E-state index in [0.29, 0.717) is 43.3 Å². The number of anilines is 1. The van der Waals surface area contributed by atoms with E-state index >= 15 is 0 Å². The van der Waals surface area contributed by atoms with Crippen LogP contribution in [0.1, 0.15) is 22.8 Å². The molecule has 1 atom stereocenters. The molecule has 1 heterocycles. The van der Waals surface area contributed by atoms with Gasteiger partial charge < -0.3 is 19.7 Å². The lowest BCUT2D eigenvalue weighted by Crippen LogP contribution is -2.40. The van der Waals surface area contributed by atoms with Gasteiger partial charge in [-0.3, -0.25) is 9.59 Å². The number of nitrogens with one attached hydrogen (secondary N) is 1. The van der Waals surface area contributed by atoms with E-state index < -0.39 is 6.10 Å². The summed E-state index contributed by atoms with van der Waals surface area (Å²) in [6.07, 6.45) is -0.662. The molecule has 0 saturated carbocycles. The van der Waals surface area contributed by atoms with Crippen LogP contribution in [0.2, 0.25) is 0 Å². The summed E-state index contributed by atoms with van der Waals surface area (Å²) in [5.74, 6) is 0.351. The third-order valence-corrected chi connectivity index (χ3v) is 4.44. The Balaban J connectivity index is 1.64. The predicted octanol–water partition coefficient (Wildman–Crippen LogP) is 2.87. The lowest BCUT2D eigenvalue weighted by Gasteiger charge is -2.27. The maximum atomic E-state index is 12.6. The monoisotopic (exact) mass is 368 g/mol. The molecule has 1 saturated heterocycles. The van der Waals surface area contributed by atoms with Crippen molar-refractivity contribution in [3.8, 4) is 5.75 Å². The van der Waals surface area contributed by atoms with Gasteiger partial charge in [-0.15, -0.1) is 0 Å². The lowest BCUT2D eigenvalue weighted by molar-refractivity contribution is -0.122. The van der Waals surface area contributed by atoms with E-state index in [0.717, 1.165) is 5.56 Å². The second-order valence-electron chi connectivity index (χ2n) is 6.50. The Hall–Kier alpha value is -2.86. The number of aryl methyl sites for hydroxylation is 1. The number of nitrogens with zero attached hydrogens (tertiary/aromatic N) is 1. The molecule has 0 spiro atoms. The summed E-state index contributed by atoms with van der Waals surface area (Å²) in [5.41, 5.74) is 2.08. The summed E-state index contributed by atoms with van der Waals surface area (Å²) in [6, 6.07) is 14.5. The van der Waals surface area contributed by atoms with Crippen molar-refractivity contribution in [3.05, 3.63) is 59.7 Å². The molecule has 0 aliphatic carbocycles. The fourth-order valence-corrected chi connectivity index (χ4v) is 2.86. The molecule has 1 fully saturated rings. The molecule has 6 heteroatoms. The zero-order valence-corrected chi connectivity index (χ0v) is 15.6. The van der Waals surface area contributed by atoms with Gasteiger partial charge in [-0.05, 0) is 43.7 Å². The normalized spacial score (nSPS) is 15.1. The third-order valence-electron chi connectivity index (χ3n) is 4.44. The van der Waals surface area contributed by atoms with Crippen molar-refractivity contribution < 1.29 is 19.1 Å². The number of amides is 2. The van der Waals surface area contributed by atoms with Crippen LogP contribution in [0.15, 0.2) is 48.5 Å². The molecule has 0 radical (unpaired) electrons. The molecule has 1 aliphatic rings. The molecule has 2 aromatic carbocycles. The van der Waals surface area contributed by atoms with Gasteiger partial charge in [0.05, 0.1) is 13.2 Å². The predicted molar refractivity (Wildman–Crippen MR) is 103 cm³/mol. The lowest BCUT2D eigenvalue weighted by atomic mass is 10.1. The van der Waals surface area contributed by atoms with E-state index in [-0.39, 0.29) is 11.8 Å². The van der Waals surface area contributed by atoms with Crippen LogP contribution in [0.5, 0.6) is 5.75 Å². The second kappa shape index (κ2) is 8.68. The average Bonchev–Trinajstić information content (AvgIpc) is 2.70. The van der Waals surface area contributed by atoms with Crippen LogP contribution in [-0.4, -0.2) is 49.1 Å². The van der Waals surface area contributed by atoms with E-state index in [1.54, 1.807) is 36.1 Å². The van der Waals surface area contributed by atoms with Crippen LogP contribution in [-0.2, 0) is 9.53 Å². The Labute approximate surface area is 159 Å². The highest BCUT2D eigenvalue weighted by molar-refractivity contribution is 5.98. The summed E-state index contributed by atoms with van der Waals surface area (Å²) >= 11 is 0. The van der Waals surface area contributed by atoms with Gasteiger partial charge in [0, 0.05) is 24.3 Å². The zero-order chi connectivity index (χ0) is 19.2. The van der Waals surface area contributed by atoms with Crippen molar-refractivity contribution in [3.63, 3.8) is 0 Å². The van der Waals surface area contributed by atoms with Gasteiger partial charge in [-0.25, -0.2) is 0 Å². The Morgan fingerprint density at radius 3 is 2.59 bits per heavy atom. The van der Waals surface area contributed by atoms with Gasteiger partial charge in [0.2, 0.25) is 0 Å². The fourth-order valence-electron chi connectivity index (χ4n) is 2.86. The van der Waals surface area contributed by atoms with Crippen LogP contribution >= 0.6 is 0 Å². The standard InChI is InChI=1S/C21H24N2O4/c1-15-6-3-4-9-19(15)27-16(2)20(24)22-18-8-5-7-17(14-18)21(25)23-10-12-26-13-11-23/h3-9,14,16H,10-13H2,1-2H3,(H,22,24)/t16-/m0/s1. The molecular formula is C21H24N2O4. The van der Waals surface area contributed by atoms with Crippen molar-refractivity contribution in [2.24, 2.45) is 0 Å². The van der Waals surface area contributed by atoms with Gasteiger partial charge >= 0.3 is 0 Å². The SMILES string of the molecule is Cc1ccccc1O[C@@H](C)C(=O)Nc1cccc(C(=O)N2CCOCC2)c1. The molecule has 142 valence electrons. The topological polar surface area (TPSA) is 67.9 Å². The highest BCUT2D eigenvalue weighted by Crippen LogP contribution is 2.19. The van der Waals surface area contributed by atoms with Crippen LogP contribution in [0.3, 0.4) is 0 Å². The fraction of sp³-hybridized carbons (Fsp3) is 0.333.